The van der Waals surface area contributed by atoms with Gasteiger partial charge in [-0.05, 0) is 163 Å². The summed E-state index contributed by atoms with van der Waals surface area (Å²) in [6.45, 7) is 0. The molecule has 24 rings (SSSR count). The third-order valence-corrected chi connectivity index (χ3v) is 26.8. The quantitative estimate of drug-likeness (QED) is 0.0768. The number of aromatic amines is 4. The Hall–Kier alpha value is -12.3. The Morgan fingerprint density at radius 3 is 1.56 bits per heavy atom. The molecule has 12 aromatic rings. The van der Waals surface area contributed by atoms with Crippen molar-refractivity contribution in [3.63, 3.8) is 0 Å². The van der Waals surface area contributed by atoms with Crippen molar-refractivity contribution in [1.29, 1.82) is 0 Å². The molecule has 0 saturated heterocycles. The number of hydrogen-bond donors (Lipinski definition) is 6. The molecule has 0 saturated carbocycles. The molecule has 0 aromatic carbocycles. The van der Waals surface area contributed by atoms with E-state index >= 15 is 0 Å². The van der Waals surface area contributed by atoms with Crippen LogP contribution in [0.15, 0.2) is 338 Å². The van der Waals surface area contributed by atoms with E-state index in [0.717, 1.165) is 212 Å². The third-order valence-electron chi connectivity index (χ3n) is 20.6. The number of H-pyrrole nitrogens is 4. The molecule has 0 aliphatic carbocycles. The summed E-state index contributed by atoms with van der Waals surface area (Å²) in [5.74, 6) is 0. The topological polar surface area (TPSA) is 263 Å². The van der Waals surface area contributed by atoms with Crippen molar-refractivity contribution in [1.82, 2.24) is 60.1 Å². The van der Waals surface area contributed by atoms with Crippen LogP contribution in [0, 0.1) is 0 Å². The maximum atomic E-state index is 9.82. The first kappa shape index (κ1) is 96.2. The molecular weight excluding hydrogens is 1920 g/mol. The molecule has 24 heterocycles. The summed E-state index contributed by atoms with van der Waals surface area (Å²) in [4.78, 5) is 82.7. The Kier molecular flexibility index (Phi) is 31.7. The van der Waals surface area contributed by atoms with Crippen LogP contribution in [0.1, 0.15) is 84.1 Å². The van der Waals surface area contributed by atoms with Gasteiger partial charge in [0.05, 0.1) is 144 Å². The number of aldehydes is 1. The first-order valence-electron chi connectivity index (χ1n) is 39.3. The summed E-state index contributed by atoms with van der Waals surface area (Å²) in [5.41, 5.74) is 32.7. The maximum Gasteiger partial charge on any atom is 3.00 e. The number of hydrogen-bond acceptors (Lipinski definition) is 19. The number of nitrogens with zero attached hydrogens (tertiary/aromatic N) is 15. The molecule has 0 radical (unpaired) electrons. The second-order valence-corrected chi connectivity index (χ2v) is 35.3. The summed E-state index contributed by atoms with van der Waals surface area (Å²) >= 11 is 11.4. The molecule has 0 amide bonds. The molecule has 0 spiro atoms. The fourth-order valence-corrected chi connectivity index (χ4v) is 20.5. The van der Waals surface area contributed by atoms with Crippen molar-refractivity contribution in [3.05, 3.63) is 385 Å². The van der Waals surface area contributed by atoms with Gasteiger partial charge >= 0.3 is 17.1 Å². The van der Waals surface area contributed by atoms with Crippen molar-refractivity contribution in [2.75, 3.05) is 7.05 Å². The van der Waals surface area contributed by atoms with Crippen LogP contribution in [0.5, 0.6) is 0 Å². The molecule has 6 N–H and O–H groups in total. The van der Waals surface area contributed by atoms with Crippen LogP contribution in [0.4, 0.5) is 0 Å². The minimum atomic E-state index is 0. The van der Waals surface area contributed by atoms with E-state index in [-0.39, 0.29) is 86.5 Å². The van der Waals surface area contributed by atoms with E-state index in [1.165, 1.54) is 22.7 Å². The van der Waals surface area contributed by atoms with Gasteiger partial charge in [0.15, 0.2) is 35.5 Å². The SMILES string of the molecule is C.C1=CSC(=C2C3=NC(=CC4=NC(=C(c5cncs5)c5ccc([nH]5)C=C5C=CC2=N5)C=C4)C=C3)N1.CN1C=CSC1=C1C2=NC(=CC3=[NH+]C(=C(c4scc[n+]4C)C4=NC(=Cc5ccc1[nH]5)C=C4)C=C3)C=C2.C[n+]1ccsc1-c1c2nc(cc3ccc([n-]3)c(-c3scc[n+]3C)c3nc(cc4ccc1[n-]4)C=C3)C=C2.O=Cc1nccs1.[Cl-].[Cl-].[Cl-].[Cl-].[Cl-].[Mn+3].c1c[nH]c(Cc2ccc[nH]2)c1. The molecule has 35 heteroatoms. The van der Waals surface area contributed by atoms with Gasteiger partial charge in [-0.2, -0.15) is 13.7 Å². The molecule has 12 aliphatic rings. The minimum Gasteiger partial charge on any atom is -1.00 e. The standard InChI is InChI=1S/C28H21N6S2.C28H20N6S2.C26H16N6S2.C9H10N2.C4H3NOS.CH4.5ClH.Mn/c2*1-33-11-13-35-27(33)25-21-7-3-17(29-21)15-19-5-9-23(31-19)26(28-34(2)12-14-36-28)24-10-6-20(32-24)16-18-4-8-22(25)30-18;1-5-19-24(23-13-27-14-34-23)20-6-2-16(30-20)12-18-4-8-22(32-18)25(26-28-9-10-33-26)21-7-3-17(31-21)11-15(1)29-19;1-3-8(10-5-1)7-9-4-2-6-11-9;6-3-4-5-1-2-7-4;;;;;;;/h3-16,29H,1-2H3;3-16H,1-2H3;1-14,28-29H;1-6,10-11H,7H2;1-3H;1H4;5*1H;/q+1;;;;;;;;;;;+3/p-4. The average molecular weight is 2000 g/mol. The number of fused-ring (bicyclic) bond motifs is 18. The van der Waals surface area contributed by atoms with Crippen molar-refractivity contribution in [3.8, 4) is 21.1 Å². The Labute approximate surface area is 824 Å². The smallest absolute Gasteiger partial charge is 1.00 e. The van der Waals surface area contributed by atoms with Crippen LogP contribution in [-0.4, -0.2) is 92.4 Å². The first-order chi connectivity index (χ1) is 60.9. The zero-order valence-corrected chi connectivity index (χ0v) is 79.6. The van der Waals surface area contributed by atoms with Crippen LogP contribution in [0.3, 0.4) is 0 Å². The van der Waals surface area contributed by atoms with Gasteiger partial charge < -0.3 is 102 Å². The molecule has 22 nitrogen and oxygen atoms in total. The largest absolute Gasteiger partial charge is 3.00 e. The molecule has 12 aromatic heterocycles. The summed E-state index contributed by atoms with van der Waals surface area (Å²) in [7, 11) is 8.25. The number of halogens is 5. The Balaban J connectivity index is 0.000000148. The van der Waals surface area contributed by atoms with E-state index < -0.39 is 0 Å². The second kappa shape index (κ2) is 43.1. The minimum absolute atomic E-state index is 0. The number of thiazole rings is 5. The number of thioether (sulfide) groups is 2. The Bertz CT molecular complexity index is 7200. The maximum absolute atomic E-state index is 9.82. The van der Waals surface area contributed by atoms with E-state index in [9.17, 15) is 4.79 Å². The van der Waals surface area contributed by atoms with Crippen LogP contribution in [0.25, 0.3) is 96.4 Å². The first-order valence-corrected chi connectivity index (χ1v) is 45.4. The molecular formula is C96H75Cl5MnN21OS7. The molecule has 12 aliphatic heterocycles. The molecule has 131 heavy (non-hydrogen) atoms. The van der Waals surface area contributed by atoms with Crippen LogP contribution in [0.2, 0.25) is 0 Å². The number of aliphatic imine (C=N–C) groups is 5. The number of carbonyl (C=O) groups is 1. The zero-order valence-electron chi connectivity index (χ0n) is 68.9. The summed E-state index contributed by atoms with van der Waals surface area (Å²) in [6.07, 6.45) is 60.6. The summed E-state index contributed by atoms with van der Waals surface area (Å²) in [6, 6.07) is 28.8. The predicted octanol–water partition coefficient (Wildman–Crippen LogP) is 2.57. The summed E-state index contributed by atoms with van der Waals surface area (Å²) in [5, 5.41) is 21.6. The van der Waals surface area contributed by atoms with E-state index in [1.54, 1.807) is 80.4 Å². The number of nitrogens with one attached hydrogen (secondary N) is 6. The molecule has 0 unspecified atom stereocenters. The fraction of sp³-hybridized carbons (Fsp3) is 0.0625. The number of allylic oxidation sites excluding steroid dienone is 17. The van der Waals surface area contributed by atoms with E-state index in [2.05, 4.69) is 255 Å². The monoisotopic (exact) mass is 1990 g/mol. The number of aromatic nitrogens is 13. The van der Waals surface area contributed by atoms with Gasteiger partial charge in [0.1, 0.15) is 21.1 Å². The van der Waals surface area contributed by atoms with Gasteiger partial charge in [0.25, 0.3) is 15.0 Å². The van der Waals surface area contributed by atoms with E-state index in [0.29, 0.717) is 5.01 Å². The Morgan fingerprint density at radius 2 is 1.07 bits per heavy atom. The normalized spacial score (nSPS) is 16.5. The van der Waals surface area contributed by atoms with Gasteiger partial charge in [-0.3, -0.25) is 9.78 Å². The Morgan fingerprint density at radius 1 is 0.519 bits per heavy atom. The molecule has 0 fully saturated rings. The van der Waals surface area contributed by atoms with Crippen LogP contribution < -0.4 is 96.0 Å². The zero-order chi connectivity index (χ0) is 83.6. The number of aryl methyl sites for hydroxylation is 3. The van der Waals surface area contributed by atoms with Crippen molar-refractivity contribution in [2.24, 2.45) is 46.1 Å². The van der Waals surface area contributed by atoms with Crippen molar-refractivity contribution in [2.45, 2.75) is 13.8 Å². The van der Waals surface area contributed by atoms with Gasteiger partial charge in [0.2, 0.25) is 11.4 Å². The van der Waals surface area contributed by atoms with E-state index in [4.69, 9.17) is 44.9 Å². The second-order valence-electron chi connectivity index (χ2n) is 29.0. The van der Waals surface area contributed by atoms with Crippen LogP contribution >= 0.6 is 80.2 Å². The number of rotatable bonds is 7. The molecule has 654 valence electrons. The average Bonchev–Trinajstić information content (AvgIpc) is 1.64. The fourth-order valence-electron chi connectivity index (χ4n) is 14.9. The van der Waals surface area contributed by atoms with Crippen molar-refractivity contribution >= 4 is 196 Å². The van der Waals surface area contributed by atoms with Gasteiger partial charge in [-0.15, -0.1) is 44.7 Å². The van der Waals surface area contributed by atoms with Crippen LogP contribution in [-0.2, 0) is 44.6 Å². The van der Waals surface area contributed by atoms with Gasteiger partial charge in [-0.1, -0.05) is 101 Å². The molecule has 24 bridgehead atoms. The third kappa shape index (κ3) is 21.2. The van der Waals surface area contributed by atoms with Crippen molar-refractivity contribution < 1.29 is 103 Å². The van der Waals surface area contributed by atoms with Gasteiger partial charge in [0, 0.05) is 108 Å². The number of carbonyl (C=O) groups excluding carboxylic acids is 1. The molecule has 0 atom stereocenters. The predicted molar refractivity (Wildman–Crippen MR) is 515 cm³/mol. The van der Waals surface area contributed by atoms with E-state index in [1.807, 2.05) is 121 Å². The van der Waals surface area contributed by atoms with Gasteiger partial charge in [-0.25, -0.2) is 44.9 Å². The summed E-state index contributed by atoms with van der Waals surface area (Å²) < 4.78 is 6.38.